The minimum atomic E-state index is -0.503. The molecular weight excluding hydrogens is 741 g/mol. The predicted molar refractivity (Wildman–Crippen MR) is 202 cm³/mol. The van der Waals surface area contributed by atoms with Crippen molar-refractivity contribution in [2.45, 2.75) is 58.5 Å². The Hall–Kier alpha value is -5.17. The fraction of sp³-hybridized carbons (Fsp3) is 0.225. The maximum atomic E-state index is 13.4. The number of benzene rings is 4. The molecule has 2 aliphatic heterocycles. The van der Waals surface area contributed by atoms with Crippen LogP contribution in [0.4, 0.5) is 23.2 Å². The second-order valence-electron chi connectivity index (χ2n) is 13.1. The summed E-state index contributed by atoms with van der Waals surface area (Å²) in [5, 5.41) is 12.3. The molecule has 1 amide bonds. The van der Waals surface area contributed by atoms with Crippen LogP contribution in [-0.4, -0.2) is 42.5 Å². The Kier molecular flexibility index (Phi) is 12.1. The molecule has 4 aromatic carbocycles. The molecule has 0 spiro atoms. The van der Waals surface area contributed by atoms with Crippen molar-refractivity contribution in [2.75, 3.05) is 5.73 Å². The second kappa shape index (κ2) is 16.9. The number of carbonyl (C=O) groups excluding carboxylic acids is 1. The van der Waals surface area contributed by atoms with Gasteiger partial charge in [-0.3, -0.25) is 14.2 Å². The Bertz CT molecular complexity index is 2240. The maximum Gasteiger partial charge on any atom is 0.227 e. The highest BCUT2D eigenvalue weighted by atomic mass is 35.5. The van der Waals surface area contributed by atoms with Crippen LogP contribution in [0.1, 0.15) is 30.8 Å². The summed E-state index contributed by atoms with van der Waals surface area (Å²) in [6.45, 7) is 6.79. The highest BCUT2D eigenvalue weighted by Crippen LogP contribution is 2.30. The Labute approximate surface area is 320 Å². The lowest BCUT2D eigenvalue weighted by molar-refractivity contribution is -0.134. The number of carbonyl (C=O) groups is 1. The predicted octanol–water partition coefficient (Wildman–Crippen LogP) is 8.70. The monoisotopic (exact) mass is 777 g/mol. The molecule has 0 fully saturated rings. The summed E-state index contributed by atoms with van der Waals surface area (Å²) >= 11 is 11.2. The Morgan fingerprint density at radius 1 is 0.759 bits per heavy atom. The van der Waals surface area contributed by atoms with Crippen molar-refractivity contribution < 1.29 is 22.4 Å². The van der Waals surface area contributed by atoms with Crippen LogP contribution in [0.3, 0.4) is 0 Å². The molecular formula is C40H37Cl2F4N7O. The van der Waals surface area contributed by atoms with Crippen LogP contribution in [0.25, 0.3) is 22.3 Å². The van der Waals surface area contributed by atoms with Crippen LogP contribution >= 0.6 is 23.2 Å². The number of fused-ring (bicyclic) bond motifs is 2. The molecule has 0 bridgehead atoms. The van der Waals surface area contributed by atoms with E-state index >= 15 is 0 Å². The van der Waals surface area contributed by atoms with Crippen LogP contribution in [-0.2, 0) is 37.4 Å². The molecule has 0 saturated carbocycles. The Balaban J connectivity index is 0.000000161. The minimum Gasteiger partial charge on any atom is -0.399 e. The zero-order valence-electron chi connectivity index (χ0n) is 29.4. The summed E-state index contributed by atoms with van der Waals surface area (Å²) < 4.78 is 55.7. The van der Waals surface area contributed by atoms with Crippen LogP contribution in [0.15, 0.2) is 97.3 Å². The van der Waals surface area contributed by atoms with Crippen molar-refractivity contribution in [2.24, 2.45) is 0 Å². The van der Waals surface area contributed by atoms with Gasteiger partial charge in [-0.05, 0) is 85.1 Å². The molecule has 0 aliphatic carbocycles. The minimum absolute atomic E-state index is 0.00802. The van der Waals surface area contributed by atoms with Gasteiger partial charge in [0.15, 0.2) is 0 Å². The fourth-order valence-corrected chi connectivity index (χ4v) is 6.66. The molecule has 2 aliphatic rings. The van der Waals surface area contributed by atoms with Crippen molar-refractivity contribution in [3.8, 4) is 22.3 Å². The van der Waals surface area contributed by atoms with E-state index in [0.29, 0.717) is 30.4 Å². The molecule has 54 heavy (non-hydrogen) atoms. The number of nitrogens with one attached hydrogen (secondary N) is 1. The third-order valence-corrected chi connectivity index (χ3v) is 9.74. The molecule has 4 heterocycles. The molecule has 14 heteroatoms. The number of hydrogen-bond donors (Lipinski definition) is 2. The van der Waals surface area contributed by atoms with Crippen molar-refractivity contribution in [3.05, 3.63) is 148 Å². The average molecular weight is 779 g/mol. The molecule has 0 unspecified atom stereocenters. The van der Waals surface area contributed by atoms with E-state index in [1.165, 1.54) is 60.3 Å². The van der Waals surface area contributed by atoms with E-state index in [9.17, 15) is 22.4 Å². The third kappa shape index (κ3) is 9.12. The first-order valence-corrected chi connectivity index (χ1v) is 17.9. The maximum absolute atomic E-state index is 13.4. The molecule has 0 saturated heterocycles. The first-order valence-electron chi connectivity index (χ1n) is 17.1. The van der Waals surface area contributed by atoms with Gasteiger partial charge in [-0.25, -0.2) is 17.6 Å². The van der Waals surface area contributed by atoms with E-state index in [4.69, 9.17) is 28.9 Å². The molecule has 3 N–H and O–H groups in total. The van der Waals surface area contributed by atoms with Gasteiger partial charge in [-0.15, -0.1) is 0 Å². The molecule has 2 aromatic heterocycles. The van der Waals surface area contributed by atoms with Crippen LogP contribution < -0.4 is 11.1 Å². The third-order valence-electron chi connectivity index (χ3n) is 9.17. The number of amides is 1. The van der Waals surface area contributed by atoms with E-state index in [0.717, 1.165) is 41.0 Å². The number of anilines is 1. The number of nitrogens with zero attached hydrogens (tertiary/aromatic N) is 5. The molecule has 280 valence electrons. The van der Waals surface area contributed by atoms with E-state index in [1.807, 2.05) is 22.5 Å². The molecule has 8 nitrogen and oxygen atoms in total. The standard InChI is InChI=1S/C21H18ClF2N3O.C13H14FN3.C6H5ClFN/c1-13-11-27-20(17(10-25-27)15-3-5-16(23)6-4-15)12-26(13)21(28)9-14-2-7-19(24)18(22)8-14;1-9-8-17-13(7-15-9)12(6-16-17)10-2-4-11(14)5-3-10;7-5-3-4(9)1-2-6(5)8/h2-8,10,13H,9,11-12H2,1H3;2-6,9,15H,7-8H2,1H3;1-3H,9H2/t13-;9-;/m00./s1. The van der Waals surface area contributed by atoms with Gasteiger partial charge >= 0.3 is 0 Å². The highest BCUT2D eigenvalue weighted by Gasteiger charge is 2.29. The number of aromatic nitrogens is 4. The Morgan fingerprint density at radius 2 is 1.30 bits per heavy atom. The number of rotatable bonds is 4. The van der Waals surface area contributed by atoms with Gasteiger partial charge in [-0.1, -0.05) is 53.5 Å². The van der Waals surface area contributed by atoms with Crippen LogP contribution in [0.5, 0.6) is 0 Å². The van der Waals surface area contributed by atoms with E-state index in [1.54, 1.807) is 41.4 Å². The number of hydrogen-bond acceptors (Lipinski definition) is 5. The number of halogens is 6. The van der Waals surface area contributed by atoms with Gasteiger partial charge < -0.3 is 16.0 Å². The smallest absolute Gasteiger partial charge is 0.227 e. The lowest BCUT2D eigenvalue weighted by atomic mass is 10.0. The van der Waals surface area contributed by atoms with Gasteiger partial charge in [0, 0.05) is 35.4 Å². The lowest BCUT2D eigenvalue weighted by Crippen LogP contribution is -2.45. The van der Waals surface area contributed by atoms with Crippen molar-refractivity contribution in [3.63, 3.8) is 0 Å². The topological polar surface area (TPSA) is 94.0 Å². The van der Waals surface area contributed by atoms with Gasteiger partial charge in [-0.2, -0.15) is 10.2 Å². The summed E-state index contributed by atoms with van der Waals surface area (Å²) in [5.41, 5.74) is 12.4. The first kappa shape index (κ1) is 38.6. The van der Waals surface area contributed by atoms with Gasteiger partial charge in [0.1, 0.15) is 23.3 Å². The number of nitrogen functional groups attached to an aromatic ring is 1. The van der Waals surface area contributed by atoms with Crippen LogP contribution in [0.2, 0.25) is 10.0 Å². The zero-order valence-corrected chi connectivity index (χ0v) is 30.9. The zero-order chi connectivity index (χ0) is 38.5. The van der Waals surface area contributed by atoms with E-state index in [2.05, 4.69) is 22.4 Å². The number of nitrogens with two attached hydrogens (primary N) is 1. The van der Waals surface area contributed by atoms with Crippen molar-refractivity contribution >= 4 is 34.8 Å². The summed E-state index contributed by atoms with van der Waals surface area (Å²) in [6.07, 6.45) is 3.76. The molecule has 2 atom stereocenters. The van der Waals surface area contributed by atoms with Crippen molar-refractivity contribution in [1.29, 1.82) is 0 Å². The summed E-state index contributed by atoms with van der Waals surface area (Å²) in [4.78, 5) is 14.7. The highest BCUT2D eigenvalue weighted by molar-refractivity contribution is 6.31. The quantitative estimate of drug-likeness (QED) is 0.138. The normalized spacial score (nSPS) is 16.0. The van der Waals surface area contributed by atoms with E-state index < -0.39 is 11.6 Å². The summed E-state index contributed by atoms with van der Waals surface area (Å²) in [6, 6.07) is 21.6. The average Bonchev–Trinajstić information content (AvgIpc) is 3.76. The largest absolute Gasteiger partial charge is 0.399 e. The second-order valence-corrected chi connectivity index (χ2v) is 14.0. The summed E-state index contributed by atoms with van der Waals surface area (Å²) in [5.74, 6) is -1.51. The van der Waals surface area contributed by atoms with Crippen LogP contribution in [0, 0.1) is 23.3 Å². The molecule has 0 radical (unpaired) electrons. The lowest BCUT2D eigenvalue weighted by Gasteiger charge is -2.34. The first-order chi connectivity index (χ1) is 25.9. The van der Waals surface area contributed by atoms with Gasteiger partial charge in [0.25, 0.3) is 0 Å². The Morgan fingerprint density at radius 3 is 1.85 bits per heavy atom. The van der Waals surface area contributed by atoms with Gasteiger partial charge in [0.2, 0.25) is 5.91 Å². The van der Waals surface area contributed by atoms with Gasteiger partial charge in [0.05, 0.1) is 59.9 Å². The SMILES string of the molecule is C[C@H]1Cn2ncc(-c3ccc(F)cc3)c2CN1.C[C@H]1Cn2ncc(-c3ccc(F)cc3)c2CN1C(=O)Cc1ccc(F)c(Cl)c1.Nc1ccc(F)c(Cl)c1. The molecule has 8 rings (SSSR count). The molecule has 6 aromatic rings. The fourth-order valence-electron chi connectivity index (χ4n) is 6.26. The van der Waals surface area contributed by atoms with E-state index in [-0.39, 0.29) is 40.0 Å². The summed E-state index contributed by atoms with van der Waals surface area (Å²) in [7, 11) is 0. The van der Waals surface area contributed by atoms with Crippen molar-refractivity contribution in [1.82, 2.24) is 29.8 Å².